The van der Waals surface area contributed by atoms with Gasteiger partial charge in [-0.1, -0.05) is 18.2 Å². The fourth-order valence-electron chi connectivity index (χ4n) is 4.22. The van der Waals surface area contributed by atoms with Crippen molar-refractivity contribution >= 4 is 23.0 Å². The molecule has 0 atom stereocenters. The first-order chi connectivity index (χ1) is 15.2. The van der Waals surface area contributed by atoms with Gasteiger partial charge in [-0.2, -0.15) is 0 Å². The lowest BCUT2D eigenvalue weighted by Gasteiger charge is -2.32. The predicted molar refractivity (Wildman–Crippen MR) is 123 cm³/mol. The average molecular weight is 420 g/mol. The Morgan fingerprint density at radius 2 is 2.00 bits per heavy atom. The summed E-state index contributed by atoms with van der Waals surface area (Å²) in [4.78, 5) is 33.7. The van der Waals surface area contributed by atoms with Gasteiger partial charge in [-0.05, 0) is 62.1 Å². The first-order valence-corrected chi connectivity index (χ1v) is 11.0. The number of pyridine rings is 1. The van der Waals surface area contributed by atoms with Gasteiger partial charge >= 0.3 is 5.69 Å². The van der Waals surface area contributed by atoms with E-state index in [4.69, 9.17) is 0 Å². The summed E-state index contributed by atoms with van der Waals surface area (Å²) >= 11 is 0. The lowest BCUT2D eigenvalue weighted by atomic mass is 10.0. The fraction of sp³-hybridized carbons (Fsp3) is 0.375. The normalized spacial score (nSPS) is 15.6. The van der Waals surface area contributed by atoms with Crippen LogP contribution in [0.1, 0.15) is 37.3 Å². The molecule has 7 heteroatoms. The maximum atomic E-state index is 12.4. The Morgan fingerprint density at radius 3 is 2.81 bits per heavy atom. The number of benzene rings is 1. The van der Waals surface area contributed by atoms with Crippen LogP contribution in [0.15, 0.2) is 59.7 Å². The largest absolute Gasteiger partial charge is 0.353 e. The van der Waals surface area contributed by atoms with E-state index in [1.165, 1.54) is 0 Å². The van der Waals surface area contributed by atoms with E-state index < -0.39 is 0 Å². The van der Waals surface area contributed by atoms with Crippen LogP contribution in [0.25, 0.3) is 17.1 Å². The summed E-state index contributed by atoms with van der Waals surface area (Å²) in [6.45, 7) is 3.70. The molecule has 3 heterocycles. The number of carbonyl (C=O) groups is 1. The van der Waals surface area contributed by atoms with Crippen LogP contribution < -0.4 is 11.0 Å². The van der Waals surface area contributed by atoms with Crippen molar-refractivity contribution in [3.05, 3.63) is 70.9 Å². The van der Waals surface area contributed by atoms with E-state index in [-0.39, 0.29) is 17.6 Å². The van der Waals surface area contributed by atoms with E-state index in [1.54, 1.807) is 24.5 Å². The number of amides is 1. The second-order valence-corrected chi connectivity index (χ2v) is 8.01. The molecule has 0 aliphatic carbocycles. The van der Waals surface area contributed by atoms with Crippen LogP contribution in [-0.4, -0.2) is 51.5 Å². The maximum absolute atomic E-state index is 12.4. The zero-order valence-electron chi connectivity index (χ0n) is 17.7. The predicted octanol–water partition coefficient (Wildman–Crippen LogP) is 2.97. The molecule has 0 radical (unpaired) electrons. The lowest BCUT2D eigenvalue weighted by molar-refractivity contribution is -0.116. The van der Waals surface area contributed by atoms with E-state index in [0.717, 1.165) is 61.9 Å². The molecule has 0 saturated carbocycles. The highest BCUT2D eigenvalue weighted by atomic mass is 16.2. The van der Waals surface area contributed by atoms with Crippen molar-refractivity contribution in [3.8, 4) is 0 Å². The van der Waals surface area contributed by atoms with Crippen LogP contribution in [0, 0.1) is 0 Å². The molecular formula is C24H29N5O2. The van der Waals surface area contributed by atoms with Crippen molar-refractivity contribution in [2.75, 3.05) is 26.2 Å². The molecule has 2 N–H and O–H groups in total. The molecule has 162 valence electrons. The number of piperidine rings is 1. The van der Waals surface area contributed by atoms with Gasteiger partial charge in [0.1, 0.15) is 0 Å². The molecule has 1 aliphatic heterocycles. The Hall–Kier alpha value is -3.19. The standard InChI is InChI=1S/C24H29N5O2/c30-23(10-9-19-6-5-13-25-18-19)26-14-3-4-15-28-16-11-20(12-17-28)29-22-8-2-1-7-21(22)27-24(29)31/h1-2,5-10,13,18,20H,3-4,11-12,14-17H2,(H,26,30)(H,27,31)/b10-9-. The Labute approximate surface area is 181 Å². The van der Waals surface area contributed by atoms with Crippen molar-refractivity contribution in [3.63, 3.8) is 0 Å². The van der Waals surface area contributed by atoms with Crippen LogP contribution in [0.3, 0.4) is 0 Å². The molecule has 1 saturated heterocycles. The molecule has 0 spiro atoms. The Bertz CT molecular complexity index is 1080. The summed E-state index contributed by atoms with van der Waals surface area (Å²) in [6.07, 6.45) is 10.7. The number of fused-ring (bicyclic) bond motifs is 1. The smallest absolute Gasteiger partial charge is 0.326 e. The van der Waals surface area contributed by atoms with Crippen LogP contribution in [0.5, 0.6) is 0 Å². The number of nitrogens with one attached hydrogen (secondary N) is 2. The molecule has 3 aromatic rings. The maximum Gasteiger partial charge on any atom is 0.326 e. The molecular weight excluding hydrogens is 390 g/mol. The van der Waals surface area contributed by atoms with Crippen molar-refractivity contribution in [1.82, 2.24) is 24.8 Å². The van der Waals surface area contributed by atoms with E-state index in [1.807, 2.05) is 41.0 Å². The van der Waals surface area contributed by atoms with Crippen LogP contribution in [0.2, 0.25) is 0 Å². The van der Waals surface area contributed by atoms with Crippen molar-refractivity contribution < 1.29 is 4.79 Å². The average Bonchev–Trinajstić information content (AvgIpc) is 3.14. The zero-order chi connectivity index (χ0) is 21.5. The molecule has 1 amide bonds. The van der Waals surface area contributed by atoms with Gasteiger partial charge in [-0.25, -0.2) is 4.79 Å². The van der Waals surface area contributed by atoms with Gasteiger partial charge in [0.2, 0.25) is 5.91 Å². The van der Waals surface area contributed by atoms with Crippen LogP contribution >= 0.6 is 0 Å². The van der Waals surface area contributed by atoms with E-state index >= 15 is 0 Å². The highest BCUT2D eigenvalue weighted by molar-refractivity contribution is 5.91. The highest BCUT2D eigenvalue weighted by Crippen LogP contribution is 2.24. The van der Waals surface area contributed by atoms with Gasteiger partial charge < -0.3 is 15.2 Å². The van der Waals surface area contributed by atoms with E-state index in [2.05, 4.69) is 20.2 Å². The Kier molecular flexibility index (Phi) is 6.94. The fourth-order valence-corrected chi connectivity index (χ4v) is 4.22. The number of hydrogen-bond donors (Lipinski definition) is 2. The number of imidazole rings is 1. The number of hydrogen-bond acceptors (Lipinski definition) is 4. The van der Waals surface area contributed by atoms with Crippen molar-refractivity contribution in [2.45, 2.75) is 31.7 Å². The van der Waals surface area contributed by atoms with Crippen LogP contribution in [0.4, 0.5) is 0 Å². The molecule has 0 unspecified atom stereocenters. The molecule has 0 bridgehead atoms. The lowest BCUT2D eigenvalue weighted by Crippen LogP contribution is -2.37. The van der Waals surface area contributed by atoms with Crippen molar-refractivity contribution in [2.24, 2.45) is 0 Å². The summed E-state index contributed by atoms with van der Waals surface area (Å²) in [5.74, 6) is -0.0751. The van der Waals surface area contributed by atoms with Crippen LogP contribution in [-0.2, 0) is 4.79 Å². The number of likely N-dealkylation sites (tertiary alicyclic amines) is 1. The number of aromatic amines is 1. The second kappa shape index (κ2) is 10.2. The minimum Gasteiger partial charge on any atom is -0.353 e. The van der Waals surface area contributed by atoms with Gasteiger partial charge in [0.15, 0.2) is 0 Å². The SMILES string of the molecule is O=C(/C=C\c1cccnc1)NCCCCN1CCC(n2c(=O)[nH]c3ccccc32)CC1. The Balaban J connectivity index is 1.15. The minimum absolute atomic E-state index is 0.00651. The van der Waals surface area contributed by atoms with Gasteiger partial charge in [0.05, 0.1) is 11.0 Å². The third-order valence-corrected chi connectivity index (χ3v) is 5.86. The topological polar surface area (TPSA) is 83.0 Å². The number of carbonyl (C=O) groups excluding carboxylic acids is 1. The zero-order valence-corrected chi connectivity index (χ0v) is 17.7. The first-order valence-electron chi connectivity index (χ1n) is 11.0. The van der Waals surface area contributed by atoms with Gasteiger partial charge in [0.25, 0.3) is 0 Å². The number of unbranched alkanes of at least 4 members (excludes halogenated alkanes) is 1. The third-order valence-electron chi connectivity index (χ3n) is 5.86. The second-order valence-electron chi connectivity index (χ2n) is 8.01. The number of H-pyrrole nitrogens is 1. The number of para-hydroxylation sites is 2. The number of aromatic nitrogens is 3. The summed E-state index contributed by atoms with van der Waals surface area (Å²) in [5, 5.41) is 2.93. The third kappa shape index (κ3) is 5.49. The van der Waals surface area contributed by atoms with Crippen molar-refractivity contribution in [1.29, 1.82) is 0 Å². The molecule has 2 aromatic heterocycles. The van der Waals surface area contributed by atoms with E-state index in [9.17, 15) is 9.59 Å². The molecule has 4 rings (SSSR count). The summed E-state index contributed by atoms with van der Waals surface area (Å²) in [6, 6.07) is 11.9. The molecule has 31 heavy (non-hydrogen) atoms. The summed E-state index contributed by atoms with van der Waals surface area (Å²) in [7, 11) is 0. The minimum atomic E-state index is -0.0751. The number of nitrogens with zero attached hydrogens (tertiary/aromatic N) is 3. The van der Waals surface area contributed by atoms with Gasteiger partial charge in [-0.15, -0.1) is 0 Å². The highest BCUT2D eigenvalue weighted by Gasteiger charge is 2.23. The molecule has 1 fully saturated rings. The van der Waals surface area contributed by atoms with Gasteiger partial charge in [0, 0.05) is 44.1 Å². The molecule has 7 nitrogen and oxygen atoms in total. The van der Waals surface area contributed by atoms with E-state index in [0.29, 0.717) is 6.54 Å². The van der Waals surface area contributed by atoms with Gasteiger partial charge in [-0.3, -0.25) is 14.3 Å². The number of rotatable bonds is 8. The Morgan fingerprint density at radius 1 is 1.16 bits per heavy atom. The quantitative estimate of drug-likeness (QED) is 0.434. The first kappa shape index (κ1) is 21.1. The molecule has 1 aromatic carbocycles. The monoisotopic (exact) mass is 419 g/mol. The molecule has 1 aliphatic rings. The summed E-state index contributed by atoms with van der Waals surface area (Å²) < 4.78 is 1.93. The summed E-state index contributed by atoms with van der Waals surface area (Å²) in [5.41, 5.74) is 2.82.